The predicted octanol–water partition coefficient (Wildman–Crippen LogP) is 2.22. The Bertz CT molecular complexity index is 387. The highest BCUT2D eigenvalue weighted by Gasteiger charge is 2.00. The van der Waals surface area contributed by atoms with E-state index < -0.39 is 0 Å². The molecule has 3 nitrogen and oxygen atoms in total. The van der Waals surface area contributed by atoms with Crippen molar-refractivity contribution in [3.63, 3.8) is 0 Å². The zero-order valence-corrected chi connectivity index (χ0v) is 8.33. The Morgan fingerprint density at radius 2 is 2.21 bits per heavy atom. The first-order chi connectivity index (χ1) is 6.40. The predicted molar refractivity (Wildman–Crippen MR) is 57.1 cm³/mol. The first kappa shape index (κ1) is 10.8. The van der Waals surface area contributed by atoms with Crippen LogP contribution in [0.25, 0.3) is 11.3 Å². The molecule has 14 heavy (non-hydrogen) atoms. The van der Waals surface area contributed by atoms with Crippen molar-refractivity contribution < 1.29 is 4.42 Å². The maximum Gasteiger partial charge on any atom is 0.181 e. The quantitative estimate of drug-likeness (QED) is 0.827. The summed E-state index contributed by atoms with van der Waals surface area (Å²) in [5.74, 6) is 0. The lowest BCUT2D eigenvalue weighted by Gasteiger charge is -1.98. The summed E-state index contributed by atoms with van der Waals surface area (Å²) < 4.78 is 4.90. The van der Waals surface area contributed by atoms with Crippen molar-refractivity contribution >= 4 is 12.4 Å². The van der Waals surface area contributed by atoms with Gasteiger partial charge in [-0.2, -0.15) is 0 Å². The molecule has 0 aliphatic carbocycles. The molecule has 1 heterocycles. The summed E-state index contributed by atoms with van der Waals surface area (Å²) in [6.07, 6.45) is 3.04. The molecule has 0 radical (unpaired) electrons. The summed E-state index contributed by atoms with van der Waals surface area (Å²) in [6.45, 7) is 0.547. The highest BCUT2D eigenvalue weighted by molar-refractivity contribution is 5.85. The molecular formula is C10H11ClN2O. The number of aromatic nitrogens is 1. The van der Waals surface area contributed by atoms with E-state index in [0.29, 0.717) is 6.54 Å². The Kier molecular flexibility index (Phi) is 3.68. The standard InChI is InChI=1S/C10H10N2O.ClH/c11-5-8-2-1-3-9(4-8)10-6-13-7-12-10;/h1-4,6-7H,5,11H2;1H. The molecule has 2 N–H and O–H groups in total. The Hall–Kier alpha value is -1.32. The summed E-state index contributed by atoms with van der Waals surface area (Å²) >= 11 is 0. The second-order valence-electron chi connectivity index (χ2n) is 2.78. The van der Waals surface area contributed by atoms with Crippen molar-refractivity contribution in [2.45, 2.75) is 6.54 Å². The van der Waals surface area contributed by atoms with Crippen LogP contribution in [0.3, 0.4) is 0 Å². The Morgan fingerprint density at radius 1 is 1.36 bits per heavy atom. The number of hydrogen-bond donors (Lipinski definition) is 1. The fourth-order valence-electron chi connectivity index (χ4n) is 1.21. The van der Waals surface area contributed by atoms with Crippen molar-refractivity contribution in [2.75, 3.05) is 0 Å². The second-order valence-corrected chi connectivity index (χ2v) is 2.78. The van der Waals surface area contributed by atoms with Gasteiger partial charge in [-0.05, 0) is 11.6 Å². The Balaban J connectivity index is 0.000000980. The van der Waals surface area contributed by atoms with Crippen LogP contribution >= 0.6 is 12.4 Å². The van der Waals surface area contributed by atoms with Gasteiger partial charge in [0.05, 0.1) is 0 Å². The van der Waals surface area contributed by atoms with Gasteiger partial charge in [0.15, 0.2) is 6.39 Å². The van der Waals surface area contributed by atoms with Crippen LogP contribution in [0.1, 0.15) is 5.56 Å². The van der Waals surface area contributed by atoms with Gasteiger partial charge in [-0.3, -0.25) is 0 Å². The summed E-state index contributed by atoms with van der Waals surface area (Å²) in [5, 5.41) is 0. The van der Waals surface area contributed by atoms with Crippen LogP contribution < -0.4 is 5.73 Å². The van der Waals surface area contributed by atoms with E-state index in [9.17, 15) is 0 Å². The van der Waals surface area contributed by atoms with Gasteiger partial charge in [-0.15, -0.1) is 12.4 Å². The number of nitrogens with two attached hydrogens (primary N) is 1. The molecule has 0 aliphatic rings. The van der Waals surface area contributed by atoms with Gasteiger partial charge < -0.3 is 10.2 Å². The highest BCUT2D eigenvalue weighted by atomic mass is 35.5. The molecule has 0 aliphatic heterocycles. The molecule has 1 aromatic heterocycles. The van der Waals surface area contributed by atoms with E-state index in [4.69, 9.17) is 10.2 Å². The maximum atomic E-state index is 5.53. The third-order valence-electron chi connectivity index (χ3n) is 1.89. The molecule has 0 spiro atoms. The number of hydrogen-bond acceptors (Lipinski definition) is 3. The number of rotatable bonds is 2. The number of benzene rings is 1. The fraction of sp³-hybridized carbons (Fsp3) is 0.100. The Labute approximate surface area is 88.4 Å². The molecule has 0 unspecified atom stereocenters. The summed E-state index contributed by atoms with van der Waals surface area (Å²) in [6, 6.07) is 7.95. The average Bonchev–Trinajstić information content (AvgIpc) is 2.71. The van der Waals surface area contributed by atoms with Gasteiger partial charge in [0.25, 0.3) is 0 Å². The summed E-state index contributed by atoms with van der Waals surface area (Å²) in [5.41, 5.74) is 8.51. The number of nitrogens with zero attached hydrogens (tertiary/aromatic N) is 1. The van der Waals surface area contributed by atoms with Crippen molar-refractivity contribution in [2.24, 2.45) is 5.73 Å². The fourth-order valence-corrected chi connectivity index (χ4v) is 1.21. The minimum absolute atomic E-state index is 0. The van der Waals surface area contributed by atoms with Crippen molar-refractivity contribution in [1.29, 1.82) is 0 Å². The van der Waals surface area contributed by atoms with Crippen molar-refractivity contribution in [3.8, 4) is 11.3 Å². The minimum Gasteiger partial charge on any atom is -0.451 e. The van der Waals surface area contributed by atoms with Crippen LogP contribution in [0.5, 0.6) is 0 Å². The molecule has 0 bridgehead atoms. The minimum atomic E-state index is 0. The molecular weight excluding hydrogens is 200 g/mol. The van der Waals surface area contributed by atoms with E-state index >= 15 is 0 Å². The van der Waals surface area contributed by atoms with Gasteiger partial charge in [0.1, 0.15) is 12.0 Å². The molecule has 1 aromatic carbocycles. The van der Waals surface area contributed by atoms with Gasteiger partial charge in [0.2, 0.25) is 0 Å². The zero-order chi connectivity index (χ0) is 9.10. The van der Waals surface area contributed by atoms with Crippen LogP contribution in [0.2, 0.25) is 0 Å². The second kappa shape index (κ2) is 4.79. The third kappa shape index (κ3) is 2.13. The molecule has 2 aromatic rings. The first-order valence-electron chi connectivity index (χ1n) is 4.08. The van der Waals surface area contributed by atoms with Crippen molar-refractivity contribution in [3.05, 3.63) is 42.5 Å². The topological polar surface area (TPSA) is 52.0 Å². The summed E-state index contributed by atoms with van der Waals surface area (Å²) in [7, 11) is 0. The van der Waals surface area contributed by atoms with E-state index in [1.165, 1.54) is 6.39 Å². The van der Waals surface area contributed by atoms with E-state index in [2.05, 4.69) is 4.98 Å². The Morgan fingerprint density at radius 3 is 2.86 bits per heavy atom. The smallest absolute Gasteiger partial charge is 0.181 e. The first-order valence-corrected chi connectivity index (χ1v) is 4.08. The van der Waals surface area contributed by atoms with Crippen LogP contribution in [-0.2, 0) is 6.54 Å². The number of oxazole rings is 1. The molecule has 2 rings (SSSR count). The lowest BCUT2D eigenvalue weighted by atomic mass is 10.1. The largest absolute Gasteiger partial charge is 0.451 e. The van der Waals surface area contributed by atoms with Gasteiger partial charge in [0, 0.05) is 12.1 Å². The van der Waals surface area contributed by atoms with Crippen LogP contribution in [0.15, 0.2) is 41.3 Å². The lowest BCUT2D eigenvalue weighted by Crippen LogP contribution is -1.95. The van der Waals surface area contributed by atoms with Crippen LogP contribution in [0.4, 0.5) is 0 Å². The van der Waals surface area contributed by atoms with Crippen LogP contribution in [0, 0.1) is 0 Å². The molecule has 4 heteroatoms. The molecule has 0 saturated heterocycles. The molecule has 0 atom stereocenters. The molecule has 0 saturated carbocycles. The average molecular weight is 211 g/mol. The third-order valence-corrected chi connectivity index (χ3v) is 1.89. The SMILES string of the molecule is Cl.NCc1cccc(-c2cocn2)c1. The monoisotopic (exact) mass is 210 g/mol. The van der Waals surface area contributed by atoms with E-state index in [1.807, 2.05) is 24.3 Å². The maximum absolute atomic E-state index is 5.53. The van der Waals surface area contributed by atoms with Crippen molar-refractivity contribution in [1.82, 2.24) is 4.98 Å². The van der Waals surface area contributed by atoms with Gasteiger partial charge in [-0.1, -0.05) is 18.2 Å². The molecule has 0 fully saturated rings. The molecule has 74 valence electrons. The highest BCUT2D eigenvalue weighted by Crippen LogP contribution is 2.17. The van der Waals surface area contributed by atoms with Gasteiger partial charge in [-0.25, -0.2) is 4.98 Å². The lowest BCUT2D eigenvalue weighted by molar-refractivity contribution is 0.558. The van der Waals surface area contributed by atoms with E-state index in [0.717, 1.165) is 16.8 Å². The summed E-state index contributed by atoms with van der Waals surface area (Å²) in [4.78, 5) is 4.05. The van der Waals surface area contributed by atoms with E-state index in [1.54, 1.807) is 6.26 Å². The van der Waals surface area contributed by atoms with E-state index in [-0.39, 0.29) is 12.4 Å². The molecule has 0 amide bonds. The normalized spacial score (nSPS) is 9.50. The zero-order valence-electron chi connectivity index (χ0n) is 7.51. The van der Waals surface area contributed by atoms with Gasteiger partial charge >= 0.3 is 0 Å². The number of halogens is 1. The van der Waals surface area contributed by atoms with Crippen LogP contribution in [-0.4, -0.2) is 4.98 Å².